The predicted octanol–water partition coefficient (Wildman–Crippen LogP) is 15.2. The Hall–Kier alpha value is -7.16. The Morgan fingerprint density at radius 2 is 0.800 bits per heavy atom. The Morgan fingerprint density at radius 1 is 0.327 bits per heavy atom. The van der Waals surface area contributed by atoms with Crippen molar-refractivity contribution in [2.45, 2.75) is 6.92 Å². The number of benzene rings is 9. The van der Waals surface area contributed by atoms with Gasteiger partial charge in [-0.15, -0.1) is 0 Å². The molecule has 0 radical (unpaired) electrons. The van der Waals surface area contributed by atoms with Crippen LogP contribution in [0.1, 0.15) is 5.56 Å². The molecule has 55 heavy (non-hydrogen) atoms. The van der Waals surface area contributed by atoms with Crippen LogP contribution in [0.5, 0.6) is 0 Å². The molecule has 0 fully saturated rings. The first-order chi connectivity index (χ1) is 27.2. The summed E-state index contributed by atoms with van der Waals surface area (Å²) in [7, 11) is 0. The van der Waals surface area contributed by atoms with Crippen LogP contribution in [0.15, 0.2) is 211 Å². The minimum Gasteiger partial charge on any atom is -0.456 e. The number of fused-ring (bicyclic) bond motifs is 4. The van der Waals surface area contributed by atoms with Crippen molar-refractivity contribution in [3.05, 3.63) is 212 Å². The first-order valence-electron chi connectivity index (χ1n) is 18.8. The lowest BCUT2D eigenvalue weighted by Gasteiger charge is -2.26. The molecular weight excluding hydrogens is 667 g/mol. The largest absolute Gasteiger partial charge is 0.456 e. The van der Waals surface area contributed by atoms with Crippen molar-refractivity contribution < 1.29 is 4.42 Å². The molecule has 2 heteroatoms. The average molecular weight is 704 g/mol. The van der Waals surface area contributed by atoms with Crippen LogP contribution >= 0.6 is 0 Å². The Labute approximate surface area is 321 Å². The van der Waals surface area contributed by atoms with Crippen LogP contribution in [0.2, 0.25) is 0 Å². The smallest absolute Gasteiger partial charge is 0.138 e. The molecule has 0 atom stereocenters. The van der Waals surface area contributed by atoms with Gasteiger partial charge in [-0.25, -0.2) is 0 Å². The third kappa shape index (κ3) is 6.04. The summed E-state index contributed by atoms with van der Waals surface area (Å²) >= 11 is 0. The molecule has 10 aromatic rings. The maximum absolute atomic E-state index is 6.33. The quantitative estimate of drug-likeness (QED) is 0.154. The summed E-state index contributed by atoms with van der Waals surface area (Å²) in [6.07, 6.45) is 0. The summed E-state index contributed by atoms with van der Waals surface area (Å²) in [6, 6.07) is 74.0. The number of aryl methyl sites for hydroxylation is 1. The van der Waals surface area contributed by atoms with E-state index in [-0.39, 0.29) is 0 Å². The van der Waals surface area contributed by atoms with Crippen LogP contribution in [-0.2, 0) is 0 Å². The van der Waals surface area contributed by atoms with Crippen molar-refractivity contribution in [2.75, 3.05) is 4.90 Å². The Bertz CT molecular complexity index is 2960. The third-order valence-electron chi connectivity index (χ3n) is 10.9. The van der Waals surface area contributed by atoms with Crippen LogP contribution in [-0.4, -0.2) is 0 Å². The number of rotatable bonds is 7. The molecule has 0 amide bonds. The fourth-order valence-electron chi connectivity index (χ4n) is 7.97. The Morgan fingerprint density at radius 3 is 1.47 bits per heavy atom. The SMILES string of the molecule is Cc1c(-c2cccc(-c3ccc(N(c4ccc(-c5ccccc5)cc4)c4ccc(-c5ccc6c(ccc7ccccc76)c5)cc4)cc3)c2)oc2ccccc12. The molecule has 0 aliphatic heterocycles. The average Bonchev–Trinajstić information content (AvgIpc) is 3.60. The van der Waals surface area contributed by atoms with E-state index in [1.54, 1.807) is 0 Å². The molecule has 10 rings (SSSR count). The molecular formula is C53H37NO. The van der Waals surface area contributed by atoms with Gasteiger partial charge >= 0.3 is 0 Å². The van der Waals surface area contributed by atoms with Crippen molar-refractivity contribution in [1.82, 2.24) is 0 Å². The Kier molecular flexibility index (Phi) is 8.08. The van der Waals surface area contributed by atoms with Crippen LogP contribution in [0.3, 0.4) is 0 Å². The lowest BCUT2D eigenvalue weighted by molar-refractivity contribution is 0.629. The highest BCUT2D eigenvalue weighted by Crippen LogP contribution is 2.39. The van der Waals surface area contributed by atoms with Crippen molar-refractivity contribution in [3.63, 3.8) is 0 Å². The van der Waals surface area contributed by atoms with Gasteiger partial charge in [0, 0.05) is 33.6 Å². The van der Waals surface area contributed by atoms with Gasteiger partial charge < -0.3 is 9.32 Å². The third-order valence-corrected chi connectivity index (χ3v) is 10.9. The van der Waals surface area contributed by atoms with Crippen molar-refractivity contribution in [3.8, 4) is 44.7 Å². The van der Waals surface area contributed by atoms with Crippen molar-refractivity contribution in [2.24, 2.45) is 0 Å². The zero-order valence-corrected chi connectivity index (χ0v) is 30.5. The van der Waals surface area contributed by atoms with Gasteiger partial charge in [-0.2, -0.15) is 0 Å². The summed E-state index contributed by atoms with van der Waals surface area (Å²) in [5, 5.41) is 6.24. The van der Waals surface area contributed by atoms with Crippen LogP contribution in [0.25, 0.3) is 77.2 Å². The second-order valence-corrected chi connectivity index (χ2v) is 14.2. The predicted molar refractivity (Wildman–Crippen MR) is 232 cm³/mol. The molecule has 0 spiro atoms. The topological polar surface area (TPSA) is 16.4 Å². The lowest BCUT2D eigenvalue weighted by Crippen LogP contribution is -2.09. The van der Waals surface area contributed by atoms with E-state index >= 15 is 0 Å². The van der Waals surface area contributed by atoms with Gasteiger partial charge in [0.15, 0.2) is 0 Å². The molecule has 0 aliphatic rings. The number of para-hydroxylation sites is 1. The number of anilines is 3. The second-order valence-electron chi connectivity index (χ2n) is 14.2. The van der Waals surface area contributed by atoms with Gasteiger partial charge in [-0.05, 0) is 116 Å². The van der Waals surface area contributed by atoms with Gasteiger partial charge in [0.05, 0.1) is 0 Å². The number of hydrogen-bond donors (Lipinski definition) is 0. The monoisotopic (exact) mass is 703 g/mol. The highest BCUT2D eigenvalue weighted by atomic mass is 16.3. The van der Waals surface area contributed by atoms with Gasteiger partial charge in [-0.1, -0.05) is 152 Å². The van der Waals surface area contributed by atoms with E-state index < -0.39 is 0 Å². The summed E-state index contributed by atoms with van der Waals surface area (Å²) < 4.78 is 6.33. The second kappa shape index (κ2) is 13.7. The van der Waals surface area contributed by atoms with E-state index in [2.05, 4.69) is 206 Å². The van der Waals surface area contributed by atoms with E-state index in [1.165, 1.54) is 43.8 Å². The minimum atomic E-state index is 0.917. The summed E-state index contributed by atoms with van der Waals surface area (Å²) in [5.74, 6) is 0.922. The first-order valence-corrected chi connectivity index (χ1v) is 18.8. The van der Waals surface area contributed by atoms with Crippen LogP contribution in [0, 0.1) is 6.92 Å². The fourth-order valence-corrected chi connectivity index (χ4v) is 7.97. The van der Waals surface area contributed by atoms with Crippen molar-refractivity contribution in [1.29, 1.82) is 0 Å². The van der Waals surface area contributed by atoms with E-state index in [4.69, 9.17) is 4.42 Å². The van der Waals surface area contributed by atoms with E-state index in [0.717, 1.165) is 56.0 Å². The highest BCUT2D eigenvalue weighted by Gasteiger charge is 2.16. The summed E-state index contributed by atoms with van der Waals surface area (Å²) in [4.78, 5) is 2.34. The van der Waals surface area contributed by atoms with Gasteiger partial charge in [0.1, 0.15) is 11.3 Å². The maximum Gasteiger partial charge on any atom is 0.138 e. The zero-order chi connectivity index (χ0) is 36.7. The van der Waals surface area contributed by atoms with E-state index in [1.807, 2.05) is 12.1 Å². The van der Waals surface area contributed by atoms with Gasteiger partial charge in [-0.3, -0.25) is 0 Å². The van der Waals surface area contributed by atoms with E-state index in [9.17, 15) is 0 Å². The summed E-state index contributed by atoms with van der Waals surface area (Å²) in [6.45, 7) is 2.14. The van der Waals surface area contributed by atoms with Gasteiger partial charge in [0.2, 0.25) is 0 Å². The lowest BCUT2D eigenvalue weighted by atomic mass is 9.97. The molecule has 0 unspecified atom stereocenters. The zero-order valence-electron chi connectivity index (χ0n) is 30.5. The molecule has 9 aromatic carbocycles. The minimum absolute atomic E-state index is 0.917. The molecule has 2 nitrogen and oxygen atoms in total. The molecule has 1 heterocycles. The summed E-state index contributed by atoms with van der Waals surface area (Å²) in [5.41, 5.74) is 13.5. The number of furan rings is 1. The first kappa shape index (κ1) is 32.5. The molecule has 1 aromatic heterocycles. The molecule has 0 N–H and O–H groups in total. The molecule has 0 saturated heterocycles. The number of nitrogens with zero attached hydrogens (tertiary/aromatic N) is 1. The van der Waals surface area contributed by atoms with Gasteiger partial charge in [0.25, 0.3) is 0 Å². The van der Waals surface area contributed by atoms with Crippen molar-refractivity contribution >= 4 is 49.6 Å². The number of hydrogen-bond acceptors (Lipinski definition) is 2. The van der Waals surface area contributed by atoms with Crippen LogP contribution in [0.4, 0.5) is 17.1 Å². The standard InChI is InChI=1S/C53H37NO/c1-36-49-15-7-8-17-52(49)55-53(36)45-14-9-13-42(35-45)39-22-29-47(30-23-39)54(46-27-20-38(21-28-46)37-10-3-2-4-11-37)48-31-24-40(25-32-48)43-26-33-51-44(34-43)19-18-41-12-5-6-16-50(41)51/h2-35H,1H3. The highest BCUT2D eigenvalue weighted by molar-refractivity contribution is 6.08. The molecule has 260 valence electrons. The fraction of sp³-hybridized carbons (Fsp3) is 0.0189. The van der Waals surface area contributed by atoms with E-state index in [0.29, 0.717) is 0 Å². The van der Waals surface area contributed by atoms with Crippen LogP contribution < -0.4 is 4.90 Å². The Balaban J connectivity index is 0.999. The molecule has 0 aliphatic carbocycles. The maximum atomic E-state index is 6.33. The molecule has 0 saturated carbocycles. The normalized spacial score (nSPS) is 11.4. The molecule has 0 bridgehead atoms.